The van der Waals surface area contributed by atoms with Crippen LogP contribution in [0.4, 0.5) is 10.3 Å². The van der Waals surface area contributed by atoms with E-state index in [0.29, 0.717) is 36.1 Å². The Balaban J connectivity index is 1.39. The topological polar surface area (TPSA) is 86.5 Å². The Bertz CT molecular complexity index is 1170. The van der Waals surface area contributed by atoms with Gasteiger partial charge in [-0.3, -0.25) is 9.78 Å². The van der Waals surface area contributed by atoms with Crippen LogP contribution < -0.4 is 10.9 Å². The van der Waals surface area contributed by atoms with Crippen molar-refractivity contribution in [2.45, 2.75) is 12.8 Å². The van der Waals surface area contributed by atoms with E-state index in [9.17, 15) is 9.18 Å². The Morgan fingerprint density at radius 3 is 2.71 bits per heavy atom. The number of H-pyrrole nitrogens is 2. The Kier molecular flexibility index (Phi) is 5.08. The van der Waals surface area contributed by atoms with E-state index in [-0.39, 0.29) is 11.4 Å². The van der Waals surface area contributed by atoms with Crippen LogP contribution in [0.25, 0.3) is 10.9 Å². The number of nitrogens with zero attached hydrogens (tertiary/aromatic N) is 2. The third-order valence-corrected chi connectivity index (χ3v) is 4.72. The second kappa shape index (κ2) is 7.82. The first-order valence-electron chi connectivity index (χ1n) is 8.78. The number of rotatable bonds is 6. The Hall–Kier alpha value is -3.19. The summed E-state index contributed by atoms with van der Waals surface area (Å²) in [5.74, 6) is 0.0429. The van der Waals surface area contributed by atoms with Crippen molar-refractivity contribution in [1.82, 2.24) is 20.2 Å². The molecule has 0 radical (unpaired) electrons. The highest BCUT2D eigenvalue weighted by Crippen LogP contribution is 2.19. The van der Waals surface area contributed by atoms with Crippen molar-refractivity contribution in [2.75, 3.05) is 11.9 Å². The highest BCUT2D eigenvalue weighted by atomic mass is 35.5. The van der Waals surface area contributed by atoms with Crippen molar-refractivity contribution >= 4 is 28.5 Å². The fourth-order valence-electron chi connectivity index (χ4n) is 3.03. The number of aromatic nitrogens is 4. The lowest BCUT2D eigenvalue weighted by Gasteiger charge is -2.05. The van der Waals surface area contributed by atoms with Crippen LogP contribution in [-0.2, 0) is 12.8 Å². The van der Waals surface area contributed by atoms with Crippen molar-refractivity contribution < 1.29 is 4.39 Å². The molecule has 8 heteroatoms. The second-order valence-corrected chi connectivity index (χ2v) is 6.87. The molecule has 0 spiro atoms. The zero-order valence-corrected chi connectivity index (χ0v) is 15.6. The SMILES string of the molecule is O=c1[nH]c(NCCc2c[nH]c3cc(F)ccc23)nnc1Cc1ccc(Cl)cc1. The Morgan fingerprint density at radius 1 is 1.11 bits per heavy atom. The van der Waals surface area contributed by atoms with Crippen LogP contribution in [-0.4, -0.2) is 26.7 Å². The lowest BCUT2D eigenvalue weighted by atomic mass is 10.1. The summed E-state index contributed by atoms with van der Waals surface area (Å²) in [4.78, 5) is 18.0. The standard InChI is InChI=1S/C20H17ClFN5O/c21-14-3-1-12(2-4-14)9-18-19(28)25-20(27-26-18)23-8-7-13-11-24-17-10-15(22)5-6-16(13)17/h1-6,10-11,24H,7-9H2,(H2,23,25,27,28). The van der Waals surface area contributed by atoms with E-state index in [1.807, 2.05) is 18.3 Å². The van der Waals surface area contributed by atoms with E-state index < -0.39 is 0 Å². The summed E-state index contributed by atoms with van der Waals surface area (Å²) in [5.41, 5.74) is 2.80. The molecule has 2 aromatic heterocycles. The fraction of sp³-hybridized carbons (Fsp3) is 0.150. The third-order valence-electron chi connectivity index (χ3n) is 4.47. The highest BCUT2D eigenvalue weighted by Gasteiger charge is 2.08. The van der Waals surface area contributed by atoms with E-state index in [4.69, 9.17) is 11.6 Å². The Morgan fingerprint density at radius 2 is 1.93 bits per heavy atom. The van der Waals surface area contributed by atoms with Crippen LogP contribution in [0.1, 0.15) is 16.8 Å². The molecule has 0 saturated heterocycles. The van der Waals surface area contributed by atoms with Gasteiger partial charge >= 0.3 is 0 Å². The molecule has 4 aromatic rings. The second-order valence-electron chi connectivity index (χ2n) is 6.43. The van der Waals surface area contributed by atoms with Gasteiger partial charge < -0.3 is 10.3 Å². The number of fused-ring (bicyclic) bond motifs is 1. The van der Waals surface area contributed by atoms with Gasteiger partial charge in [-0.2, -0.15) is 0 Å². The summed E-state index contributed by atoms with van der Waals surface area (Å²) in [6.45, 7) is 0.547. The quantitative estimate of drug-likeness (QED) is 0.463. The molecule has 6 nitrogen and oxygen atoms in total. The lowest BCUT2D eigenvalue weighted by Crippen LogP contribution is -2.20. The van der Waals surface area contributed by atoms with Crippen LogP contribution in [0.5, 0.6) is 0 Å². The van der Waals surface area contributed by atoms with Gasteiger partial charge in [0.15, 0.2) is 0 Å². The molecule has 2 aromatic carbocycles. The molecule has 4 rings (SSSR count). The minimum atomic E-state index is -0.282. The Labute approximate surface area is 164 Å². The first kappa shape index (κ1) is 18.2. The molecule has 0 aliphatic carbocycles. The minimum Gasteiger partial charge on any atom is -0.361 e. The van der Waals surface area contributed by atoms with E-state index in [2.05, 4.69) is 25.5 Å². The van der Waals surface area contributed by atoms with Gasteiger partial charge in [0.25, 0.3) is 5.56 Å². The molecule has 0 fully saturated rings. The van der Waals surface area contributed by atoms with Gasteiger partial charge in [-0.05, 0) is 47.9 Å². The summed E-state index contributed by atoms with van der Waals surface area (Å²) < 4.78 is 13.3. The maximum absolute atomic E-state index is 13.3. The molecule has 28 heavy (non-hydrogen) atoms. The molecule has 142 valence electrons. The van der Waals surface area contributed by atoms with Crippen LogP contribution >= 0.6 is 11.6 Å². The fourth-order valence-corrected chi connectivity index (χ4v) is 3.16. The molecule has 2 heterocycles. The van der Waals surface area contributed by atoms with Crippen molar-refractivity contribution in [3.63, 3.8) is 0 Å². The van der Waals surface area contributed by atoms with E-state index in [0.717, 1.165) is 22.0 Å². The zero-order chi connectivity index (χ0) is 19.5. The van der Waals surface area contributed by atoms with Crippen molar-refractivity contribution in [2.24, 2.45) is 0 Å². The van der Waals surface area contributed by atoms with Gasteiger partial charge in [0, 0.05) is 35.1 Å². The van der Waals surface area contributed by atoms with Crippen LogP contribution in [0, 0.1) is 5.82 Å². The number of halogens is 2. The van der Waals surface area contributed by atoms with Gasteiger partial charge in [-0.15, -0.1) is 10.2 Å². The summed E-state index contributed by atoms with van der Waals surface area (Å²) in [7, 11) is 0. The first-order chi connectivity index (χ1) is 13.6. The number of benzene rings is 2. The van der Waals surface area contributed by atoms with Crippen molar-refractivity contribution in [3.8, 4) is 0 Å². The van der Waals surface area contributed by atoms with E-state index in [1.165, 1.54) is 12.1 Å². The molecule has 0 aliphatic rings. The number of hydrogen-bond donors (Lipinski definition) is 3. The maximum Gasteiger partial charge on any atom is 0.274 e. The molecule has 0 bridgehead atoms. The molecule has 0 amide bonds. The van der Waals surface area contributed by atoms with Gasteiger partial charge in [-0.1, -0.05) is 23.7 Å². The van der Waals surface area contributed by atoms with Crippen LogP contribution in [0.15, 0.2) is 53.5 Å². The number of anilines is 1. The van der Waals surface area contributed by atoms with Gasteiger partial charge in [0.05, 0.1) is 0 Å². The first-order valence-corrected chi connectivity index (χ1v) is 9.16. The summed E-state index contributed by atoms with van der Waals surface area (Å²) >= 11 is 5.87. The van der Waals surface area contributed by atoms with Gasteiger partial charge in [0.1, 0.15) is 11.5 Å². The van der Waals surface area contributed by atoms with Gasteiger partial charge in [-0.25, -0.2) is 4.39 Å². The summed E-state index contributed by atoms with van der Waals surface area (Å²) in [6.07, 6.45) is 2.92. The predicted molar refractivity (Wildman–Crippen MR) is 107 cm³/mol. The highest BCUT2D eigenvalue weighted by molar-refractivity contribution is 6.30. The number of hydrogen-bond acceptors (Lipinski definition) is 4. The normalized spacial score (nSPS) is 11.1. The predicted octanol–water partition coefficient (Wildman–Crippen LogP) is 3.68. The maximum atomic E-state index is 13.3. The van der Waals surface area contributed by atoms with Crippen LogP contribution in [0.2, 0.25) is 5.02 Å². The number of nitrogens with one attached hydrogen (secondary N) is 3. The van der Waals surface area contributed by atoms with Crippen molar-refractivity contribution in [3.05, 3.63) is 86.7 Å². The lowest BCUT2D eigenvalue weighted by molar-refractivity contribution is 0.629. The molecule has 3 N–H and O–H groups in total. The molecule has 0 aliphatic heterocycles. The summed E-state index contributed by atoms with van der Waals surface area (Å²) in [6, 6.07) is 11.9. The monoisotopic (exact) mass is 397 g/mol. The van der Waals surface area contributed by atoms with Crippen LogP contribution in [0.3, 0.4) is 0 Å². The van der Waals surface area contributed by atoms with Gasteiger partial charge in [0.2, 0.25) is 5.95 Å². The molecular formula is C20H17ClFN5O. The zero-order valence-electron chi connectivity index (χ0n) is 14.8. The summed E-state index contributed by atoms with van der Waals surface area (Å²) in [5, 5.41) is 12.8. The molecule has 0 saturated carbocycles. The minimum absolute atomic E-state index is 0.273. The molecule has 0 atom stereocenters. The largest absolute Gasteiger partial charge is 0.361 e. The van der Waals surface area contributed by atoms with E-state index in [1.54, 1.807) is 18.2 Å². The van der Waals surface area contributed by atoms with E-state index >= 15 is 0 Å². The van der Waals surface area contributed by atoms with Crippen molar-refractivity contribution in [1.29, 1.82) is 0 Å². The molecular weight excluding hydrogens is 381 g/mol. The average Bonchev–Trinajstić information content (AvgIpc) is 3.07. The third kappa shape index (κ3) is 4.04. The smallest absolute Gasteiger partial charge is 0.274 e. The average molecular weight is 398 g/mol. The number of aromatic amines is 2. The molecule has 0 unspecified atom stereocenters.